The van der Waals surface area contributed by atoms with Crippen LogP contribution in [-0.4, -0.2) is 18.2 Å². The number of nitrogens with zero attached hydrogens (tertiary/aromatic N) is 1. The minimum Gasteiger partial charge on any atom is -0.393 e. The molecule has 2 aromatic rings. The monoisotopic (exact) mass is 270 g/mol. The van der Waals surface area contributed by atoms with Gasteiger partial charge in [-0.05, 0) is 30.2 Å². The second kappa shape index (κ2) is 6.19. The van der Waals surface area contributed by atoms with Gasteiger partial charge >= 0.3 is 0 Å². The van der Waals surface area contributed by atoms with Crippen molar-refractivity contribution in [2.24, 2.45) is 10.9 Å². The van der Waals surface area contributed by atoms with Crippen molar-refractivity contribution in [1.29, 1.82) is 0 Å². The number of oxime groups is 1. The van der Waals surface area contributed by atoms with Gasteiger partial charge in [-0.15, -0.1) is 0 Å². The van der Waals surface area contributed by atoms with E-state index in [1.54, 1.807) is 6.21 Å². The summed E-state index contributed by atoms with van der Waals surface area (Å²) in [5, 5.41) is 5.74. The number of hydrogen-bond donors (Lipinski definition) is 1. The van der Waals surface area contributed by atoms with Crippen LogP contribution >= 0.6 is 0 Å². The number of fused-ring (bicyclic) bond motifs is 1. The summed E-state index contributed by atoms with van der Waals surface area (Å²) in [6.45, 7) is 3.81. The Hall–Kier alpha value is -2.36. The third-order valence-corrected chi connectivity index (χ3v) is 2.92. The Labute approximate surface area is 118 Å². The third kappa shape index (κ3) is 3.15. The third-order valence-electron chi connectivity index (χ3n) is 2.92. The van der Waals surface area contributed by atoms with E-state index >= 15 is 0 Å². The van der Waals surface area contributed by atoms with Gasteiger partial charge in [0.15, 0.2) is 0 Å². The smallest absolute Gasteiger partial charge is 0.249 e. The summed E-state index contributed by atoms with van der Waals surface area (Å²) in [5.41, 5.74) is 6.93. The first-order valence-electron chi connectivity index (χ1n) is 6.57. The minimum absolute atomic E-state index is 0.0402. The number of nitrogens with two attached hydrogens (primary N) is 1. The molecule has 0 radical (unpaired) electrons. The zero-order chi connectivity index (χ0) is 14.5. The van der Waals surface area contributed by atoms with Crippen LogP contribution in [0.4, 0.5) is 0 Å². The molecule has 0 saturated carbocycles. The highest BCUT2D eigenvalue weighted by molar-refractivity contribution is 6.08. The van der Waals surface area contributed by atoms with E-state index in [9.17, 15) is 4.79 Å². The summed E-state index contributed by atoms with van der Waals surface area (Å²) in [5.74, 6) is -0.421. The number of amides is 1. The van der Waals surface area contributed by atoms with Gasteiger partial charge < -0.3 is 10.6 Å². The van der Waals surface area contributed by atoms with E-state index in [4.69, 9.17) is 10.6 Å². The van der Waals surface area contributed by atoms with Crippen molar-refractivity contribution < 1.29 is 9.63 Å². The van der Waals surface area contributed by atoms with Crippen molar-refractivity contribution in [3.8, 4) is 0 Å². The van der Waals surface area contributed by atoms with E-state index in [1.165, 1.54) is 0 Å². The highest BCUT2D eigenvalue weighted by Gasteiger charge is 2.11. The van der Waals surface area contributed by atoms with Crippen LogP contribution in [-0.2, 0) is 11.3 Å². The van der Waals surface area contributed by atoms with Gasteiger partial charge in [0, 0.05) is 12.6 Å². The predicted octanol–water partition coefficient (Wildman–Crippen LogP) is 2.89. The molecule has 0 aliphatic rings. The topological polar surface area (TPSA) is 64.7 Å². The Bertz CT molecular complexity index is 648. The largest absolute Gasteiger partial charge is 0.393 e. The molecule has 2 aromatic carbocycles. The fraction of sp³-hybridized carbons (Fsp3) is 0.250. The van der Waals surface area contributed by atoms with E-state index in [0.29, 0.717) is 12.0 Å². The molecule has 2 rings (SSSR count). The first-order chi connectivity index (χ1) is 9.59. The highest BCUT2D eigenvalue weighted by Crippen LogP contribution is 2.22. The lowest BCUT2D eigenvalue weighted by molar-refractivity contribution is 0.0868. The van der Waals surface area contributed by atoms with E-state index in [2.05, 4.69) is 5.16 Å². The van der Waals surface area contributed by atoms with Gasteiger partial charge in [0.25, 0.3) is 0 Å². The lowest BCUT2D eigenvalue weighted by Gasteiger charge is -2.08. The van der Waals surface area contributed by atoms with Crippen LogP contribution in [0.25, 0.3) is 10.8 Å². The molecule has 1 amide bonds. The molecule has 4 heteroatoms. The van der Waals surface area contributed by atoms with Crippen LogP contribution in [0.5, 0.6) is 0 Å². The molecule has 2 N–H and O–H groups in total. The van der Waals surface area contributed by atoms with E-state index in [0.717, 1.165) is 16.3 Å². The van der Waals surface area contributed by atoms with Gasteiger partial charge in [0.05, 0.1) is 5.56 Å². The molecule has 4 nitrogen and oxygen atoms in total. The van der Waals surface area contributed by atoms with E-state index < -0.39 is 5.91 Å². The summed E-state index contributed by atoms with van der Waals surface area (Å²) >= 11 is 0. The molecule has 0 fully saturated rings. The van der Waals surface area contributed by atoms with Gasteiger partial charge in [-0.25, -0.2) is 0 Å². The average molecular weight is 270 g/mol. The predicted molar refractivity (Wildman–Crippen MR) is 80.9 cm³/mol. The Morgan fingerprint density at radius 3 is 2.75 bits per heavy atom. The summed E-state index contributed by atoms with van der Waals surface area (Å²) in [6, 6.07) is 11.6. The fourth-order valence-electron chi connectivity index (χ4n) is 2.08. The Kier molecular flexibility index (Phi) is 4.35. The Morgan fingerprint density at radius 2 is 2.05 bits per heavy atom. The van der Waals surface area contributed by atoms with Crippen LogP contribution < -0.4 is 5.73 Å². The molecule has 0 saturated heterocycles. The highest BCUT2D eigenvalue weighted by atomic mass is 16.6. The first-order valence-corrected chi connectivity index (χ1v) is 6.57. The SMILES string of the molecule is CC(C)ON=CCc1ccc2ccccc2c1C(N)=O. The molecule has 0 aliphatic heterocycles. The molecule has 0 aromatic heterocycles. The van der Waals surface area contributed by atoms with Gasteiger partial charge in [-0.2, -0.15) is 0 Å². The fourth-order valence-corrected chi connectivity index (χ4v) is 2.08. The second-order valence-electron chi connectivity index (χ2n) is 4.83. The maximum Gasteiger partial charge on any atom is 0.249 e. The molecule has 0 unspecified atom stereocenters. The molecule has 0 bridgehead atoms. The number of primary amides is 1. The molecule has 20 heavy (non-hydrogen) atoms. The number of carbonyl (C=O) groups is 1. The van der Waals surface area contributed by atoms with Crippen molar-refractivity contribution in [2.45, 2.75) is 26.4 Å². The number of benzene rings is 2. The second-order valence-corrected chi connectivity index (χ2v) is 4.83. The molecule has 0 spiro atoms. The summed E-state index contributed by atoms with van der Waals surface area (Å²) in [4.78, 5) is 16.8. The molecule has 104 valence electrons. The van der Waals surface area contributed by atoms with Crippen LogP contribution in [0.2, 0.25) is 0 Å². The summed E-state index contributed by atoms with van der Waals surface area (Å²) in [7, 11) is 0. The first kappa shape index (κ1) is 14.1. The maximum absolute atomic E-state index is 11.7. The normalized spacial score (nSPS) is 11.3. The van der Waals surface area contributed by atoms with Crippen LogP contribution in [0.3, 0.4) is 0 Å². The lowest BCUT2D eigenvalue weighted by atomic mass is 9.97. The zero-order valence-corrected chi connectivity index (χ0v) is 11.7. The quantitative estimate of drug-likeness (QED) is 0.670. The van der Waals surface area contributed by atoms with Crippen LogP contribution in [0.15, 0.2) is 41.6 Å². The van der Waals surface area contributed by atoms with Gasteiger partial charge in [-0.1, -0.05) is 41.6 Å². The number of rotatable bonds is 5. The van der Waals surface area contributed by atoms with E-state index in [-0.39, 0.29) is 6.10 Å². The van der Waals surface area contributed by atoms with Crippen molar-refractivity contribution in [1.82, 2.24) is 0 Å². The molecule has 0 heterocycles. The Morgan fingerprint density at radius 1 is 1.30 bits per heavy atom. The summed E-state index contributed by atoms with van der Waals surface area (Å²) in [6.07, 6.45) is 2.20. The Balaban J connectivity index is 2.35. The molecular weight excluding hydrogens is 252 g/mol. The minimum atomic E-state index is -0.421. The van der Waals surface area contributed by atoms with Gasteiger partial charge in [0.1, 0.15) is 6.10 Å². The van der Waals surface area contributed by atoms with Crippen molar-refractivity contribution >= 4 is 22.9 Å². The van der Waals surface area contributed by atoms with E-state index in [1.807, 2.05) is 50.2 Å². The van der Waals surface area contributed by atoms with Crippen molar-refractivity contribution in [3.05, 3.63) is 47.5 Å². The maximum atomic E-state index is 11.7. The molecule has 0 atom stereocenters. The number of hydrogen-bond acceptors (Lipinski definition) is 3. The van der Waals surface area contributed by atoms with Gasteiger partial charge in [0.2, 0.25) is 5.91 Å². The van der Waals surface area contributed by atoms with Crippen molar-refractivity contribution in [2.75, 3.05) is 0 Å². The average Bonchev–Trinajstić information content (AvgIpc) is 2.42. The standard InChI is InChI=1S/C16H18N2O2/c1-11(2)20-18-10-9-13-8-7-12-5-3-4-6-14(12)15(13)16(17)19/h3-8,10-11H,9H2,1-2H3,(H2,17,19). The lowest BCUT2D eigenvalue weighted by Crippen LogP contribution is -2.14. The van der Waals surface area contributed by atoms with Crippen molar-refractivity contribution in [3.63, 3.8) is 0 Å². The van der Waals surface area contributed by atoms with Gasteiger partial charge in [-0.3, -0.25) is 4.79 Å². The number of carbonyl (C=O) groups excluding carboxylic acids is 1. The summed E-state index contributed by atoms with van der Waals surface area (Å²) < 4.78 is 0. The molecular formula is C16H18N2O2. The zero-order valence-electron chi connectivity index (χ0n) is 11.7. The van der Waals surface area contributed by atoms with Crippen LogP contribution in [0.1, 0.15) is 29.8 Å². The molecule has 0 aliphatic carbocycles. The van der Waals surface area contributed by atoms with Crippen LogP contribution in [0, 0.1) is 0 Å².